The van der Waals surface area contributed by atoms with E-state index in [4.69, 9.17) is 0 Å². The van der Waals surface area contributed by atoms with E-state index in [2.05, 4.69) is 15.2 Å². The second kappa shape index (κ2) is 15.0. The fraction of sp³-hybridized carbons (Fsp3) is 0.355. The number of hydrogen-bond acceptors (Lipinski definition) is 5. The van der Waals surface area contributed by atoms with Gasteiger partial charge in [0.25, 0.3) is 11.8 Å². The Morgan fingerprint density at radius 1 is 0.976 bits per heavy atom. The normalized spacial score (nSPS) is 14.9. The lowest BCUT2D eigenvalue weighted by atomic mass is 9.92. The Balaban J connectivity index is 0.00000231. The molecular formula is C31H37Cl2N5O3. The lowest BCUT2D eigenvalue weighted by molar-refractivity contribution is -0.119. The number of hydrogen-bond donors (Lipinski definition) is 1. The first-order valence-electron chi connectivity index (χ1n) is 13.8. The SMILES string of the molecule is CCN(CCCC1CCN(CC(=O)N2c3ccccc3C(=O)Nc3cccnc32)CC1)C(=O)c1ccccc1.Cl.Cl. The van der Waals surface area contributed by atoms with Crippen LogP contribution in [-0.4, -0.2) is 65.2 Å². The molecule has 5 rings (SSSR count). The van der Waals surface area contributed by atoms with Crippen molar-refractivity contribution < 1.29 is 14.4 Å². The molecule has 0 bridgehead atoms. The third-order valence-corrected chi connectivity index (χ3v) is 7.68. The molecule has 10 heteroatoms. The number of piperidine rings is 1. The Morgan fingerprint density at radius 2 is 1.68 bits per heavy atom. The summed E-state index contributed by atoms with van der Waals surface area (Å²) >= 11 is 0. The number of carbonyl (C=O) groups is 3. The zero-order chi connectivity index (χ0) is 27.2. The Hall–Kier alpha value is -3.46. The first kappa shape index (κ1) is 32.1. The van der Waals surface area contributed by atoms with E-state index in [0.29, 0.717) is 35.2 Å². The van der Waals surface area contributed by atoms with Gasteiger partial charge in [0.05, 0.1) is 23.5 Å². The number of halogens is 2. The Kier molecular flexibility index (Phi) is 11.7. The summed E-state index contributed by atoms with van der Waals surface area (Å²) in [6.45, 7) is 5.44. The van der Waals surface area contributed by atoms with Crippen LogP contribution in [0.25, 0.3) is 0 Å². The van der Waals surface area contributed by atoms with Crippen molar-refractivity contribution in [2.75, 3.05) is 42.9 Å². The number of likely N-dealkylation sites (tertiary alicyclic amines) is 1. The Bertz CT molecular complexity index is 1330. The fourth-order valence-corrected chi connectivity index (χ4v) is 5.52. The monoisotopic (exact) mass is 597 g/mol. The molecular weight excluding hydrogens is 561 g/mol. The van der Waals surface area contributed by atoms with E-state index in [1.807, 2.05) is 48.2 Å². The van der Waals surface area contributed by atoms with Gasteiger partial charge in [0.1, 0.15) is 0 Å². The molecule has 0 radical (unpaired) electrons. The number of pyridine rings is 1. The zero-order valence-corrected chi connectivity index (χ0v) is 24.8. The summed E-state index contributed by atoms with van der Waals surface area (Å²) in [5.74, 6) is 0.777. The average molecular weight is 599 g/mol. The maximum Gasteiger partial charge on any atom is 0.257 e. The highest BCUT2D eigenvalue weighted by Crippen LogP contribution is 2.36. The maximum absolute atomic E-state index is 13.7. The van der Waals surface area contributed by atoms with E-state index in [0.717, 1.165) is 50.9 Å². The molecule has 3 aromatic rings. The van der Waals surface area contributed by atoms with Gasteiger partial charge >= 0.3 is 0 Å². The number of para-hydroxylation sites is 1. The molecule has 41 heavy (non-hydrogen) atoms. The molecule has 1 fully saturated rings. The molecule has 2 aliphatic rings. The van der Waals surface area contributed by atoms with Crippen LogP contribution in [0.2, 0.25) is 0 Å². The molecule has 2 aromatic carbocycles. The van der Waals surface area contributed by atoms with E-state index >= 15 is 0 Å². The highest BCUT2D eigenvalue weighted by Gasteiger charge is 2.31. The van der Waals surface area contributed by atoms with Gasteiger partial charge < -0.3 is 10.2 Å². The van der Waals surface area contributed by atoms with Crippen LogP contribution in [0, 0.1) is 5.92 Å². The second-order valence-corrected chi connectivity index (χ2v) is 10.2. The van der Waals surface area contributed by atoms with E-state index < -0.39 is 0 Å². The minimum atomic E-state index is -0.247. The Morgan fingerprint density at radius 3 is 2.41 bits per heavy atom. The number of benzene rings is 2. The van der Waals surface area contributed by atoms with Gasteiger partial charge in [-0.3, -0.25) is 24.2 Å². The molecule has 0 atom stereocenters. The molecule has 0 spiro atoms. The minimum absolute atomic E-state index is 0. The molecule has 218 valence electrons. The first-order chi connectivity index (χ1) is 19.0. The van der Waals surface area contributed by atoms with Crippen LogP contribution in [0.15, 0.2) is 72.9 Å². The van der Waals surface area contributed by atoms with Crippen LogP contribution >= 0.6 is 24.8 Å². The van der Waals surface area contributed by atoms with Crippen LogP contribution in [0.4, 0.5) is 17.2 Å². The summed E-state index contributed by atoms with van der Waals surface area (Å²) in [5, 5.41) is 2.89. The third kappa shape index (κ3) is 7.44. The van der Waals surface area contributed by atoms with Gasteiger partial charge in [-0.05, 0) is 88.0 Å². The number of amides is 3. The van der Waals surface area contributed by atoms with Gasteiger partial charge in [-0.1, -0.05) is 30.3 Å². The lowest BCUT2D eigenvalue weighted by Crippen LogP contribution is -2.42. The number of anilines is 3. The summed E-state index contributed by atoms with van der Waals surface area (Å²) in [6.07, 6.45) is 5.74. The third-order valence-electron chi connectivity index (χ3n) is 7.68. The molecule has 0 aliphatic carbocycles. The fourth-order valence-electron chi connectivity index (χ4n) is 5.52. The zero-order valence-electron chi connectivity index (χ0n) is 23.2. The largest absolute Gasteiger partial charge is 0.339 e. The van der Waals surface area contributed by atoms with Gasteiger partial charge in [0.15, 0.2) is 5.82 Å². The standard InChI is InChI=1S/C31H35N5O3.2ClH/c1-2-35(31(39)24-11-4-3-5-12-24)19-9-10-23-16-20-34(21-17-23)22-28(37)36-27-15-7-6-13-25(27)30(38)33-26-14-8-18-32-29(26)36;;/h3-8,11-15,18,23H,2,9-10,16-17,19-22H2,1H3,(H,33,38);2*1H. The van der Waals surface area contributed by atoms with Gasteiger partial charge in [0.2, 0.25) is 5.91 Å². The molecule has 0 saturated carbocycles. The quantitative estimate of drug-likeness (QED) is 0.354. The minimum Gasteiger partial charge on any atom is -0.339 e. The molecule has 0 unspecified atom stereocenters. The topological polar surface area (TPSA) is 85.8 Å². The van der Waals surface area contributed by atoms with Gasteiger partial charge in [0, 0.05) is 24.8 Å². The maximum atomic E-state index is 13.7. The summed E-state index contributed by atoms with van der Waals surface area (Å²) in [4.78, 5) is 49.4. The van der Waals surface area contributed by atoms with Gasteiger partial charge in [-0.25, -0.2) is 4.98 Å². The molecule has 8 nitrogen and oxygen atoms in total. The molecule has 1 saturated heterocycles. The van der Waals surface area contributed by atoms with Gasteiger partial charge in [-0.15, -0.1) is 24.8 Å². The number of nitrogens with one attached hydrogen (secondary N) is 1. The van der Waals surface area contributed by atoms with Crippen molar-refractivity contribution in [2.24, 2.45) is 5.92 Å². The smallest absolute Gasteiger partial charge is 0.257 e. The molecule has 3 heterocycles. The van der Waals surface area contributed by atoms with Crippen molar-refractivity contribution in [1.82, 2.24) is 14.8 Å². The highest BCUT2D eigenvalue weighted by atomic mass is 35.5. The lowest BCUT2D eigenvalue weighted by Gasteiger charge is -2.33. The van der Waals surface area contributed by atoms with Crippen molar-refractivity contribution in [3.05, 3.63) is 84.1 Å². The molecule has 2 aliphatic heterocycles. The number of fused-ring (bicyclic) bond motifs is 2. The number of nitrogens with zero attached hydrogens (tertiary/aromatic N) is 4. The van der Waals surface area contributed by atoms with Crippen LogP contribution in [-0.2, 0) is 4.79 Å². The van der Waals surface area contributed by atoms with Crippen molar-refractivity contribution in [1.29, 1.82) is 0 Å². The van der Waals surface area contributed by atoms with Crippen molar-refractivity contribution in [3.63, 3.8) is 0 Å². The van der Waals surface area contributed by atoms with Crippen LogP contribution in [0.1, 0.15) is 53.3 Å². The van der Waals surface area contributed by atoms with Crippen LogP contribution in [0.5, 0.6) is 0 Å². The second-order valence-electron chi connectivity index (χ2n) is 10.2. The van der Waals surface area contributed by atoms with Crippen molar-refractivity contribution >= 4 is 59.7 Å². The van der Waals surface area contributed by atoms with E-state index in [1.165, 1.54) is 0 Å². The van der Waals surface area contributed by atoms with Gasteiger partial charge in [-0.2, -0.15) is 0 Å². The van der Waals surface area contributed by atoms with E-state index in [-0.39, 0.29) is 49.1 Å². The van der Waals surface area contributed by atoms with Crippen molar-refractivity contribution in [2.45, 2.75) is 32.6 Å². The number of aromatic nitrogens is 1. The summed E-state index contributed by atoms with van der Waals surface area (Å²) in [5.41, 5.74) is 2.27. The summed E-state index contributed by atoms with van der Waals surface area (Å²) < 4.78 is 0. The highest BCUT2D eigenvalue weighted by molar-refractivity contribution is 6.17. The predicted molar refractivity (Wildman–Crippen MR) is 167 cm³/mol. The molecule has 1 aromatic heterocycles. The van der Waals surface area contributed by atoms with Crippen LogP contribution < -0.4 is 10.2 Å². The number of carbonyl (C=O) groups excluding carboxylic acids is 3. The Labute approximate surface area is 253 Å². The summed E-state index contributed by atoms with van der Waals surface area (Å²) in [7, 11) is 0. The first-order valence-corrected chi connectivity index (χ1v) is 13.8. The van der Waals surface area contributed by atoms with Crippen molar-refractivity contribution in [3.8, 4) is 0 Å². The van der Waals surface area contributed by atoms with E-state index in [1.54, 1.807) is 41.4 Å². The van der Waals surface area contributed by atoms with Crippen LogP contribution in [0.3, 0.4) is 0 Å². The molecule has 1 N–H and O–H groups in total. The van der Waals surface area contributed by atoms with E-state index in [9.17, 15) is 14.4 Å². The summed E-state index contributed by atoms with van der Waals surface area (Å²) in [6, 6.07) is 20.1. The predicted octanol–water partition coefficient (Wildman–Crippen LogP) is 5.81. The average Bonchev–Trinajstić information content (AvgIpc) is 3.10. The molecule has 3 amide bonds. The number of rotatable bonds is 8.